The average molecular weight is 549 g/mol. The number of hydrogen-bond acceptors (Lipinski definition) is 7. The van der Waals surface area contributed by atoms with Crippen LogP contribution in [0.25, 0.3) is 10.6 Å². The predicted octanol–water partition coefficient (Wildman–Crippen LogP) is 4.62. The number of para-hydroxylation sites is 1. The number of rotatable bonds is 9. The van der Waals surface area contributed by atoms with E-state index in [1.807, 2.05) is 24.4 Å². The molecule has 0 saturated heterocycles. The van der Waals surface area contributed by atoms with E-state index >= 15 is 0 Å². The maximum Gasteiger partial charge on any atom is 0.258 e. The van der Waals surface area contributed by atoms with Crippen molar-refractivity contribution in [3.63, 3.8) is 0 Å². The normalized spacial score (nSPS) is 20.1. The SMILES string of the molecule is C[C@@H]1CN([C@H](C)CO)C(=O)c2cccc(NC(=O)c3ccc(-c4nccs4)cc3)c2O[C@H]1CN(C)CC1CC1. The number of fused-ring (bicyclic) bond motifs is 1. The molecule has 2 N–H and O–H groups in total. The number of nitrogens with zero attached hydrogens (tertiary/aromatic N) is 3. The number of thiazole rings is 1. The Labute approximate surface area is 233 Å². The van der Waals surface area contributed by atoms with Crippen LogP contribution >= 0.6 is 11.3 Å². The maximum absolute atomic E-state index is 13.7. The molecular weight excluding hydrogens is 512 g/mol. The minimum absolute atomic E-state index is 0.0138. The van der Waals surface area contributed by atoms with Crippen molar-refractivity contribution in [2.45, 2.75) is 38.8 Å². The Balaban J connectivity index is 1.43. The fourth-order valence-corrected chi connectivity index (χ4v) is 5.65. The number of ether oxygens (including phenoxy) is 1. The van der Waals surface area contributed by atoms with Crippen molar-refractivity contribution >= 4 is 28.8 Å². The molecule has 0 radical (unpaired) electrons. The van der Waals surface area contributed by atoms with Crippen molar-refractivity contribution in [1.82, 2.24) is 14.8 Å². The van der Waals surface area contributed by atoms with E-state index in [4.69, 9.17) is 4.74 Å². The highest BCUT2D eigenvalue weighted by molar-refractivity contribution is 7.13. The van der Waals surface area contributed by atoms with Gasteiger partial charge >= 0.3 is 0 Å². The molecule has 2 aliphatic rings. The summed E-state index contributed by atoms with van der Waals surface area (Å²) in [6.45, 7) is 5.99. The third kappa shape index (κ3) is 6.32. The number of likely N-dealkylation sites (N-methyl/N-ethyl adjacent to an activating group) is 1. The summed E-state index contributed by atoms with van der Waals surface area (Å²) in [5.41, 5.74) is 2.28. The van der Waals surface area contributed by atoms with Crippen LogP contribution in [0.2, 0.25) is 0 Å². The summed E-state index contributed by atoms with van der Waals surface area (Å²) >= 11 is 1.54. The molecule has 3 atom stereocenters. The van der Waals surface area contributed by atoms with Gasteiger partial charge in [-0.25, -0.2) is 4.98 Å². The number of hydrogen-bond donors (Lipinski definition) is 2. The lowest BCUT2D eigenvalue weighted by molar-refractivity contribution is 0.0345. The summed E-state index contributed by atoms with van der Waals surface area (Å²) < 4.78 is 6.62. The second-order valence-electron chi connectivity index (χ2n) is 10.8. The van der Waals surface area contributed by atoms with Crippen LogP contribution in [0.15, 0.2) is 54.0 Å². The summed E-state index contributed by atoms with van der Waals surface area (Å²) in [4.78, 5) is 35.3. The lowest BCUT2D eigenvalue weighted by atomic mass is 9.99. The van der Waals surface area contributed by atoms with E-state index in [1.54, 1.807) is 52.8 Å². The van der Waals surface area contributed by atoms with Crippen LogP contribution < -0.4 is 10.1 Å². The molecule has 2 heterocycles. The number of nitrogens with one attached hydrogen (secondary N) is 1. The molecule has 0 unspecified atom stereocenters. The highest BCUT2D eigenvalue weighted by Gasteiger charge is 2.35. The number of carbonyl (C=O) groups is 2. The molecule has 0 spiro atoms. The third-order valence-corrected chi connectivity index (χ3v) is 8.35. The molecule has 1 aromatic heterocycles. The Morgan fingerprint density at radius 2 is 2.00 bits per heavy atom. The van der Waals surface area contributed by atoms with Crippen molar-refractivity contribution in [3.8, 4) is 16.3 Å². The van der Waals surface area contributed by atoms with Gasteiger partial charge in [0.2, 0.25) is 0 Å². The van der Waals surface area contributed by atoms with Crippen molar-refractivity contribution in [1.29, 1.82) is 0 Å². The van der Waals surface area contributed by atoms with Crippen LogP contribution in [0.1, 0.15) is 47.4 Å². The van der Waals surface area contributed by atoms with Gasteiger partial charge < -0.3 is 25.0 Å². The predicted molar refractivity (Wildman–Crippen MR) is 153 cm³/mol. The first-order valence-electron chi connectivity index (χ1n) is 13.5. The molecule has 8 nitrogen and oxygen atoms in total. The number of amides is 2. The fourth-order valence-electron chi connectivity index (χ4n) is 5.01. The molecule has 0 bridgehead atoms. The molecule has 9 heteroatoms. The van der Waals surface area contributed by atoms with Gasteiger partial charge in [-0.2, -0.15) is 0 Å². The first-order chi connectivity index (χ1) is 18.8. The van der Waals surface area contributed by atoms with E-state index in [-0.39, 0.29) is 36.5 Å². The van der Waals surface area contributed by atoms with Crippen molar-refractivity contribution < 1.29 is 19.4 Å². The summed E-state index contributed by atoms with van der Waals surface area (Å²) in [6, 6.07) is 12.2. The van der Waals surface area contributed by atoms with Crippen LogP contribution in [0, 0.1) is 11.8 Å². The Kier molecular flexibility index (Phi) is 8.30. The summed E-state index contributed by atoms with van der Waals surface area (Å²) in [5.74, 6) is 0.632. The number of aromatic nitrogens is 1. The lowest BCUT2D eigenvalue weighted by Gasteiger charge is -2.38. The lowest BCUT2D eigenvalue weighted by Crippen LogP contribution is -2.50. The van der Waals surface area contributed by atoms with Gasteiger partial charge in [-0.05, 0) is 57.0 Å². The average Bonchev–Trinajstić information content (AvgIpc) is 3.57. The minimum atomic E-state index is -0.342. The number of aliphatic hydroxyl groups excluding tert-OH is 1. The van der Waals surface area contributed by atoms with Gasteiger partial charge in [-0.15, -0.1) is 11.3 Å². The first-order valence-corrected chi connectivity index (χ1v) is 14.4. The van der Waals surface area contributed by atoms with Crippen LogP contribution in [0.4, 0.5) is 5.69 Å². The van der Waals surface area contributed by atoms with Crippen LogP contribution in [0.5, 0.6) is 5.75 Å². The Morgan fingerprint density at radius 3 is 2.67 bits per heavy atom. The first kappa shape index (κ1) is 27.3. The van der Waals surface area contributed by atoms with E-state index in [0.29, 0.717) is 35.7 Å². The van der Waals surface area contributed by atoms with Crippen molar-refractivity contribution in [2.75, 3.05) is 38.6 Å². The zero-order chi connectivity index (χ0) is 27.5. The van der Waals surface area contributed by atoms with Gasteiger partial charge in [-0.3, -0.25) is 9.59 Å². The van der Waals surface area contributed by atoms with E-state index in [9.17, 15) is 14.7 Å². The topological polar surface area (TPSA) is 95.0 Å². The molecular formula is C30H36N4O4S. The zero-order valence-electron chi connectivity index (χ0n) is 22.7. The molecule has 1 saturated carbocycles. The maximum atomic E-state index is 13.7. The molecule has 1 aliphatic heterocycles. The monoisotopic (exact) mass is 548 g/mol. The number of benzene rings is 2. The second-order valence-corrected chi connectivity index (χ2v) is 11.7. The highest BCUT2D eigenvalue weighted by Crippen LogP contribution is 2.36. The van der Waals surface area contributed by atoms with Gasteiger partial charge in [0.15, 0.2) is 5.75 Å². The molecule has 1 aliphatic carbocycles. The second kappa shape index (κ2) is 11.9. The largest absolute Gasteiger partial charge is 0.486 e. The Morgan fingerprint density at radius 1 is 1.23 bits per heavy atom. The number of aliphatic hydroxyl groups is 1. The third-order valence-electron chi connectivity index (χ3n) is 7.52. The zero-order valence-corrected chi connectivity index (χ0v) is 23.5. The van der Waals surface area contributed by atoms with Crippen LogP contribution in [-0.2, 0) is 0 Å². The van der Waals surface area contributed by atoms with Crippen LogP contribution in [-0.4, -0.2) is 77.1 Å². The Hall–Kier alpha value is -3.27. The van der Waals surface area contributed by atoms with Gasteiger partial charge in [0.25, 0.3) is 11.8 Å². The van der Waals surface area contributed by atoms with E-state index in [0.717, 1.165) is 23.0 Å². The van der Waals surface area contributed by atoms with Gasteiger partial charge in [-0.1, -0.05) is 25.1 Å². The minimum Gasteiger partial charge on any atom is -0.486 e. The standard InChI is InChI=1S/C30H36N4O4S/c1-19-15-34(20(2)18-35)30(37)24-5-4-6-25(27(24)38-26(19)17-33(3)16-21-7-8-21)32-28(36)22-9-11-23(12-10-22)29-31-13-14-39-29/h4-6,9-14,19-21,26,35H,7-8,15-18H2,1-3H3,(H,32,36)/t19-,20-,26+/m1/s1. The molecule has 3 aromatic rings. The molecule has 1 fully saturated rings. The molecule has 2 aromatic carbocycles. The van der Waals surface area contributed by atoms with Crippen molar-refractivity contribution in [3.05, 3.63) is 65.2 Å². The van der Waals surface area contributed by atoms with Gasteiger partial charge in [0.1, 0.15) is 11.1 Å². The molecule has 5 rings (SSSR count). The molecule has 39 heavy (non-hydrogen) atoms. The quantitative estimate of drug-likeness (QED) is 0.405. The van der Waals surface area contributed by atoms with Gasteiger partial charge in [0.05, 0.1) is 23.9 Å². The van der Waals surface area contributed by atoms with Crippen LogP contribution in [0.3, 0.4) is 0 Å². The summed E-state index contributed by atoms with van der Waals surface area (Å²) in [7, 11) is 2.11. The number of anilines is 1. The van der Waals surface area contributed by atoms with Gasteiger partial charge in [0, 0.05) is 48.3 Å². The van der Waals surface area contributed by atoms with E-state index in [1.165, 1.54) is 12.8 Å². The highest BCUT2D eigenvalue weighted by atomic mass is 32.1. The van der Waals surface area contributed by atoms with E-state index < -0.39 is 0 Å². The summed E-state index contributed by atoms with van der Waals surface area (Å²) in [5, 5.41) is 15.7. The fraction of sp³-hybridized carbons (Fsp3) is 0.433. The van der Waals surface area contributed by atoms with E-state index in [2.05, 4.69) is 29.2 Å². The Bertz CT molecular complexity index is 1290. The molecule has 206 valence electrons. The summed E-state index contributed by atoms with van der Waals surface area (Å²) in [6.07, 6.45) is 4.09. The number of carbonyl (C=O) groups excluding carboxylic acids is 2. The smallest absolute Gasteiger partial charge is 0.258 e. The molecule has 2 amide bonds. The van der Waals surface area contributed by atoms with Crippen molar-refractivity contribution in [2.24, 2.45) is 11.8 Å².